The molecule has 1 saturated carbocycles. The zero-order chi connectivity index (χ0) is 17.0. The maximum Gasteiger partial charge on any atom is 0.389 e. The van der Waals surface area contributed by atoms with Crippen molar-refractivity contribution in [3.05, 3.63) is 52.8 Å². The van der Waals surface area contributed by atoms with Gasteiger partial charge in [-0.2, -0.15) is 13.2 Å². The van der Waals surface area contributed by atoms with Crippen LogP contribution in [0.2, 0.25) is 0 Å². The van der Waals surface area contributed by atoms with Crippen LogP contribution in [0.4, 0.5) is 13.2 Å². The van der Waals surface area contributed by atoms with E-state index in [1.807, 2.05) is 26.0 Å². The van der Waals surface area contributed by atoms with Crippen LogP contribution in [-0.4, -0.2) is 6.18 Å². The summed E-state index contributed by atoms with van der Waals surface area (Å²) in [4.78, 5) is 0. The van der Waals surface area contributed by atoms with Gasteiger partial charge in [-0.15, -0.1) is 5.73 Å². The Labute approximate surface area is 137 Å². The number of hydrogen-bond donors (Lipinski definition) is 0. The highest BCUT2D eigenvalue weighted by Gasteiger charge is 2.28. The average Bonchev–Trinajstić information content (AvgIpc) is 2.44. The van der Waals surface area contributed by atoms with E-state index in [-0.39, 0.29) is 12.3 Å². The van der Waals surface area contributed by atoms with Gasteiger partial charge in [0.1, 0.15) is 0 Å². The minimum absolute atomic E-state index is 0.0518. The van der Waals surface area contributed by atoms with Crippen molar-refractivity contribution in [2.75, 3.05) is 0 Å². The summed E-state index contributed by atoms with van der Waals surface area (Å²) in [6.45, 7) is 7.66. The third kappa shape index (κ3) is 5.00. The van der Waals surface area contributed by atoms with Gasteiger partial charge in [0.05, 0.1) is 0 Å². The lowest BCUT2D eigenvalue weighted by Crippen LogP contribution is -2.16. The second-order valence-corrected chi connectivity index (χ2v) is 6.75. The summed E-state index contributed by atoms with van der Waals surface area (Å²) in [7, 11) is 0. The molecular formula is C20H25F3. The SMILES string of the molecule is C=C=C(C)C(CC1CCC1)c1ccc(C)c(CCC(F)(F)F)c1. The molecule has 1 fully saturated rings. The Balaban J connectivity index is 2.22. The van der Waals surface area contributed by atoms with E-state index in [0.717, 1.165) is 34.6 Å². The van der Waals surface area contributed by atoms with E-state index >= 15 is 0 Å². The Hall–Kier alpha value is -1.47. The van der Waals surface area contributed by atoms with Gasteiger partial charge in [0, 0.05) is 12.3 Å². The second kappa shape index (κ2) is 7.40. The van der Waals surface area contributed by atoms with Gasteiger partial charge in [-0.05, 0) is 54.9 Å². The third-order valence-electron chi connectivity index (χ3n) is 5.05. The van der Waals surface area contributed by atoms with E-state index in [9.17, 15) is 13.2 Å². The number of allylic oxidation sites excluding steroid dienone is 1. The van der Waals surface area contributed by atoms with Crippen molar-refractivity contribution in [2.24, 2.45) is 5.92 Å². The van der Waals surface area contributed by atoms with Crippen LogP contribution >= 0.6 is 0 Å². The molecule has 1 atom stereocenters. The first-order valence-electron chi connectivity index (χ1n) is 8.33. The standard InChI is InChI=1S/C20H25F3/c1-4-14(2)19(12-16-6-5-7-16)18-9-8-15(3)17(13-18)10-11-20(21,22)23/h8-9,13,16,19H,1,5-7,10-12H2,2-3H3. The monoisotopic (exact) mass is 322 g/mol. The van der Waals surface area contributed by atoms with Gasteiger partial charge in [-0.25, -0.2) is 0 Å². The third-order valence-corrected chi connectivity index (χ3v) is 5.05. The predicted molar refractivity (Wildman–Crippen MR) is 88.6 cm³/mol. The molecule has 0 aromatic heterocycles. The first-order chi connectivity index (χ1) is 10.8. The number of rotatable bonds is 6. The molecule has 0 aliphatic heterocycles. The average molecular weight is 322 g/mol. The Morgan fingerprint density at radius 2 is 2.04 bits per heavy atom. The van der Waals surface area contributed by atoms with Crippen molar-refractivity contribution in [2.45, 2.75) is 64.5 Å². The van der Waals surface area contributed by atoms with E-state index in [4.69, 9.17) is 0 Å². The van der Waals surface area contributed by atoms with Gasteiger partial charge in [-0.3, -0.25) is 0 Å². The highest BCUT2D eigenvalue weighted by Crippen LogP contribution is 2.39. The van der Waals surface area contributed by atoms with E-state index in [0.29, 0.717) is 0 Å². The van der Waals surface area contributed by atoms with Crippen LogP contribution in [0.15, 0.2) is 36.1 Å². The molecule has 1 aromatic carbocycles. The van der Waals surface area contributed by atoms with E-state index < -0.39 is 12.6 Å². The van der Waals surface area contributed by atoms with Crippen molar-refractivity contribution in [1.29, 1.82) is 0 Å². The lowest BCUT2D eigenvalue weighted by atomic mass is 9.75. The molecule has 0 amide bonds. The first kappa shape index (κ1) is 17.9. The Kier molecular flexibility index (Phi) is 5.75. The minimum Gasteiger partial charge on any atom is -0.171 e. The Morgan fingerprint density at radius 3 is 2.57 bits per heavy atom. The van der Waals surface area contributed by atoms with Crippen molar-refractivity contribution < 1.29 is 13.2 Å². The number of halogens is 3. The summed E-state index contributed by atoms with van der Waals surface area (Å²) in [5.74, 6) is 0.950. The summed E-state index contributed by atoms with van der Waals surface area (Å²) < 4.78 is 37.6. The molecule has 1 unspecified atom stereocenters. The Morgan fingerprint density at radius 1 is 1.35 bits per heavy atom. The van der Waals surface area contributed by atoms with Crippen LogP contribution in [0.25, 0.3) is 0 Å². The maximum absolute atomic E-state index is 12.5. The zero-order valence-electron chi connectivity index (χ0n) is 14.0. The van der Waals surface area contributed by atoms with Crippen LogP contribution in [0, 0.1) is 12.8 Å². The molecule has 0 radical (unpaired) electrons. The van der Waals surface area contributed by atoms with Gasteiger partial charge >= 0.3 is 6.18 Å². The largest absolute Gasteiger partial charge is 0.389 e. The molecule has 1 aliphatic carbocycles. The van der Waals surface area contributed by atoms with Gasteiger partial charge in [0.25, 0.3) is 0 Å². The summed E-state index contributed by atoms with van der Waals surface area (Å²) >= 11 is 0. The fourth-order valence-electron chi connectivity index (χ4n) is 3.20. The van der Waals surface area contributed by atoms with Crippen molar-refractivity contribution in [3.63, 3.8) is 0 Å². The normalized spacial score (nSPS) is 16.6. The fraction of sp³-hybridized carbons (Fsp3) is 0.550. The molecule has 0 heterocycles. The van der Waals surface area contributed by atoms with Gasteiger partial charge in [0.2, 0.25) is 0 Å². The maximum atomic E-state index is 12.5. The highest BCUT2D eigenvalue weighted by molar-refractivity contribution is 5.36. The van der Waals surface area contributed by atoms with Crippen LogP contribution in [-0.2, 0) is 6.42 Å². The van der Waals surface area contributed by atoms with Gasteiger partial charge in [-0.1, -0.05) is 44.0 Å². The van der Waals surface area contributed by atoms with E-state index in [1.165, 1.54) is 19.3 Å². The van der Waals surface area contributed by atoms with E-state index in [1.54, 1.807) is 0 Å². The summed E-state index contributed by atoms with van der Waals surface area (Å²) in [6, 6.07) is 5.97. The molecule has 3 heteroatoms. The molecule has 2 rings (SSSR count). The molecule has 0 bridgehead atoms. The molecule has 0 saturated heterocycles. The summed E-state index contributed by atoms with van der Waals surface area (Å²) in [6.07, 6.45) is 0.0400. The number of hydrogen-bond acceptors (Lipinski definition) is 0. The smallest absolute Gasteiger partial charge is 0.171 e. The lowest BCUT2D eigenvalue weighted by Gasteiger charge is -2.30. The molecule has 0 spiro atoms. The quantitative estimate of drug-likeness (QED) is 0.525. The van der Waals surface area contributed by atoms with Crippen molar-refractivity contribution in [3.8, 4) is 0 Å². The van der Waals surface area contributed by atoms with E-state index in [2.05, 4.69) is 18.4 Å². The molecule has 1 aromatic rings. The first-order valence-corrected chi connectivity index (χ1v) is 8.33. The summed E-state index contributed by atoms with van der Waals surface area (Å²) in [5.41, 5.74) is 6.92. The minimum atomic E-state index is -4.11. The van der Waals surface area contributed by atoms with Gasteiger partial charge < -0.3 is 0 Å². The van der Waals surface area contributed by atoms with Crippen LogP contribution < -0.4 is 0 Å². The number of aryl methyl sites for hydroxylation is 2. The summed E-state index contributed by atoms with van der Waals surface area (Å²) in [5, 5.41) is 0. The molecule has 0 nitrogen and oxygen atoms in total. The zero-order valence-corrected chi connectivity index (χ0v) is 14.0. The molecule has 0 N–H and O–H groups in total. The Bertz CT molecular complexity index is 587. The molecule has 23 heavy (non-hydrogen) atoms. The molecule has 1 aliphatic rings. The number of benzene rings is 1. The second-order valence-electron chi connectivity index (χ2n) is 6.75. The highest BCUT2D eigenvalue weighted by atomic mass is 19.4. The van der Waals surface area contributed by atoms with Crippen LogP contribution in [0.3, 0.4) is 0 Å². The topological polar surface area (TPSA) is 0 Å². The van der Waals surface area contributed by atoms with Crippen LogP contribution in [0.1, 0.15) is 61.6 Å². The lowest BCUT2D eigenvalue weighted by molar-refractivity contribution is -0.134. The van der Waals surface area contributed by atoms with Crippen molar-refractivity contribution >= 4 is 0 Å². The number of alkyl halides is 3. The predicted octanol–water partition coefficient (Wildman–Crippen LogP) is 6.49. The fourth-order valence-corrected chi connectivity index (χ4v) is 3.20. The van der Waals surface area contributed by atoms with Crippen LogP contribution in [0.5, 0.6) is 0 Å². The molecular weight excluding hydrogens is 297 g/mol. The van der Waals surface area contributed by atoms with Crippen molar-refractivity contribution in [1.82, 2.24) is 0 Å². The molecule has 126 valence electrons. The van der Waals surface area contributed by atoms with Gasteiger partial charge in [0.15, 0.2) is 0 Å².